The standard InChI is InChI=1S/C24H54N4OSe2Si2/c1-17(25-21(5,6)7)19(3)27(23(11,12)13)32(30)29-33(31)28(24(14,15)16)20(4)18(2)26-22(8,9)10/h17-20,25-26H,1-16H3/t17-,18-,19-,20-/m0/s1. The van der Waals surface area contributed by atoms with Crippen molar-refractivity contribution in [3.63, 3.8) is 0 Å². The third-order valence-corrected chi connectivity index (χ3v) is 15.6. The van der Waals surface area contributed by atoms with Gasteiger partial charge in [0.15, 0.2) is 0 Å². The average Bonchev–Trinajstić information content (AvgIpc) is 2.48. The Labute approximate surface area is 224 Å². The Bertz CT molecular complexity index is 607. The van der Waals surface area contributed by atoms with Gasteiger partial charge in [0.2, 0.25) is 0 Å². The Morgan fingerprint density at radius 3 is 1.00 bits per heavy atom. The van der Waals surface area contributed by atoms with Gasteiger partial charge in [-0.2, -0.15) is 0 Å². The molecule has 0 heterocycles. The summed E-state index contributed by atoms with van der Waals surface area (Å²) >= 11 is 6.93. The SMILES string of the molecule is C[C@H](NC(C)(C)C)[C@H](C)N([Si](=[Se])O[Si](=[Se])N([C@@H](C)[C@H](C)NC(C)(C)C)C(C)(C)C)C(C)(C)C. The molecule has 0 saturated heterocycles. The maximum atomic E-state index is 6.92. The molecule has 0 amide bonds. The summed E-state index contributed by atoms with van der Waals surface area (Å²) in [5.74, 6) is 0. The summed E-state index contributed by atoms with van der Waals surface area (Å²) < 4.78 is 12.1. The van der Waals surface area contributed by atoms with Gasteiger partial charge in [-0.3, -0.25) is 0 Å². The summed E-state index contributed by atoms with van der Waals surface area (Å²) in [6.07, 6.45) is 0. The molecule has 0 aliphatic rings. The summed E-state index contributed by atoms with van der Waals surface area (Å²) in [5.41, 5.74) is 0.136. The molecule has 2 N–H and O–H groups in total. The van der Waals surface area contributed by atoms with E-state index >= 15 is 0 Å². The van der Waals surface area contributed by atoms with Crippen molar-refractivity contribution in [2.45, 2.75) is 157 Å². The summed E-state index contributed by atoms with van der Waals surface area (Å²) in [6.45, 7) is 36.4. The minimum absolute atomic E-state index is 0.00576. The molecule has 0 spiro atoms. The van der Waals surface area contributed by atoms with Crippen LogP contribution in [0.3, 0.4) is 0 Å². The van der Waals surface area contributed by atoms with Crippen LogP contribution in [0.1, 0.15) is 111 Å². The summed E-state index contributed by atoms with van der Waals surface area (Å²) in [7, 11) is -2.72. The first-order valence-corrected chi connectivity index (χ1v) is 19.9. The van der Waals surface area contributed by atoms with Crippen LogP contribution in [0.5, 0.6) is 0 Å². The van der Waals surface area contributed by atoms with Gasteiger partial charge in [-0.15, -0.1) is 0 Å². The summed E-state index contributed by atoms with van der Waals surface area (Å²) in [5, 5.41) is 7.54. The second kappa shape index (κ2) is 12.4. The normalized spacial score (nSPS) is 17.1. The van der Waals surface area contributed by atoms with Crippen molar-refractivity contribution in [2.75, 3.05) is 0 Å². The van der Waals surface area contributed by atoms with E-state index in [4.69, 9.17) is 4.12 Å². The van der Waals surface area contributed by atoms with Crippen LogP contribution in [0.4, 0.5) is 0 Å². The molecule has 0 fully saturated rings. The molecular weight excluding hydrogens is 574 g/mol. The number of hydrogen-bond donors (Lipinski definition) is 2. The molecule has 0 bridgehead atoms. The van der Waals surface area contributed by atoms with Gasteiger partial charge in [-0.25, -0.2) is 0 Å². The fourth-order valence-electron chi connectivity index (χ4n) is 4.33. The molecule has 0 aliphatic heterocycles. The van der Waals surface area contributed by atoms with Crippen LogP contribution in [-0.4, -0.2) is 99.9 Å². The van der Waals surface area contributed by atoms with Crippen LogP contribution in [0.2, 0.25) is 0 Å². The first kappa shape index (κ1) is 33.8. The maximum absolute atomic E-state index is 6.92. The quantitative estimate of drug-likeness (QED) is 0.360. The molecular formula is C24H54N4OSe2Si2. The van der Waals surface area contributed by atoms with Crippen molar-refractivity contribution in [1.29, 1.82) is 0 Å². The van der Waals surface area contributed by atoms with E-state index < -0.39 is 14.7 Å². The van der Waals surface area contributed by atoms with Gasteiger partial charge in [-0.05, 0) is 0 Å². The molecule has 0 radical (unpaired) electrons. The van der Waals surface area contributed by atoms with E-state index in [0.717, 1.165) is 0 Å². The van der Waals surface area contributed by atoms with Crippen molar-refractivity contribution in [2.24, 2.45) is 0 Å². The third kappa shape index (κ3) is 12.1. The van der Waals surface area contributed by atoms with Gasteiger partial charge in [0.25, 0.3) is 0 Å². The Morgan fingerprint density at radius 1 is 0.576 bits per heavy atom. The van der Waals surface area contributed by atoms with Crippen molar-refractivity contribution in [1.82, 2.24) is 19.8 Å². The van der Waals surface area contributed by atoms with Crippen LogP contribution in [-0.2, 0) is 4.12 Å². The van der Waals surface area contributed by atoms with E-state index in [1.54, 1.807) is 0 Å². The summed E-state index contributed by atoms with van der Waals surface area (Å²) in [6, 6.07) is 1.34. The predicted octanol–water partition coefficient (Wildman–Crippen LogP) is 3.84. The third-order valence-electron chi connectivity index (χ3n) is 5.60. The van der Waals surface area contributed by atoms with E-state index in [0.29, 0.717) is 24.2 Å². The molecule has 9 heteroatoms. The van der Waals surface area contributed by atoms with Crippen molar-refractivity contribution < 1.29 is 4.12 Å². The average molecular weight is 629 g/mol. The van der Waals surface area contributed by atoms with E-state index in [-0.39, 0.29) is 22.2 Å². The molecule has 0 aliphatic carbocycles. The minimum atomic E-state index is -1.36. The monoisotopic (exact) mass is 630 g/mol. The van der Waals surface area contributed by atoms with Gasteiger partial charge in [-0.1, -0.05) is 0 Å². The molecule has 0 aromatic heterocycles. The molecule has 0 unspecified atom stereocenters. The fraction of sp³-hybridized carbons (Fsp3) is 1.00. The Kier molecular flexibility index (Phi) is 12.7. The van der Waals surface area contributed by atoms with Gasteiger partial charge in [0, 0.05) is 0 Å². The number of nitrogens with zero attached hydrogens (tertiary/aromatic N) is 2. The van der Waals surface area contributed by atoms with Crippen LogP contribution in [0.15, 0.2) is 0 Å². The zero-order valence-corrected chi connectivity index (χ0v) is 29.9. The Morgan fingerprint density at radius 2 is 0.818 bits per heavy atom. The second-order valence-electron chi connectivity index (χ2n) is 13.6. The molecule has 33 heavy (non-hydrogen) atoms. The molecule has 5 nitrogen and oxygen atoms in total. The van der Waals surface area contributed by atoms with E-state index in [2.05, 4.69) is 160 Å². The Hall–Kier alpha value is 0.793. The molecule has 0 aromatic rings. The van der Waals surface area contributed by atoms with E-state index in [9.17, 15) is 0 Å². The number of hydrogen-bond acceptors (Lipinski definition) is 5. The summed E-state index contributed by atoms with van der Waals surface area (Å²) in [4.78, 5) is 0. The predicted molar refractivity (Wildman–Crippen MR) is 151 cm³/mol. The van der Waals surface area contributed by atoms with Crippen molar-refractivity contribution in [3.05, 3.63) is 0 Å². The molecule has 0 aromatic carbocycles. The first-order valence-electron chi connectivity index (χ1n) is 12.3. The second-order valence-corrected chi connectivity index (χ2v) is 20.8. The van der Waals surface area contributed by atoms with Crippen molar-refractivity contribution in [3.8, 4) is 0 Å². The van der Waals surface area contributed by atoms with Crippen LogP contribution in [0, 0.1) is 0 Å². The van der Waals surface area contributed by atoms with Crippen LogP contribution in [0.25, 0.3) is 0 Å². The molecule has 4 atom stereocenters. The van der Waals surface area contributed by atoms with Gasteiger partial charge in [0.05, 0.1) is 0 Å². The van der Waals surface area contributed by atoms with E-state index in [1.807, 2.05) is 0 Å². The van der Waals surface area contributed by atoms with Gasteiger partial charge in [0.1, 0.15) is 0 Å². The first-order chi connectivity index (χ1) is 14.4. The zero-order chi connectivity index (χ0) is 26.7. The topological polar surface area (TPSA) is 39.8 Å². The van der Waals surface area contributed by atoms with Crippen LogP contribution >= 0.6 is 0 Å². The van der Waals surface area contributed by atoms with Gasteiger partial charge < -0.3 is 0 Å². The molecule has 0 rings (SSSR count). The van der Waals surface area contributed by atoms with Crippen LogP contribution < -0.4 is 10.6 Å². The van der Waals surface area contributed by atoms with E-state index in [1.165, 1.54) is 0 Å². The Balaban J connectivity index is 5.85. The zero-order valence-electron chi connectivity index (χ0n) is 24.4. The number of nitrogens with one attached hydrogen (secondary N) is 2. The van der Waals surface area contributed by atoms with Crippen molar-refractivity contribution >= 4 is 44.5 Å². The number of rotatable bonds is 10. The fourth-order valence-corrected chi connectivity index (χ4v) is 18.8. The van der Waals surface area contributed by atoms with Gasteiger partial charge >= 0.3 is 225 Å². The molecule has 196 valence electrons. The molecule has 0 saturated carbocycles.